The number of hydrogen-bond acceptors (Lipinski definition) is 5. The molecule has 0 spiro atoms. The Hall–Kier alpha value is -3.36. The van der Waals surface area contributed by atoms with Gasteiger partial charge in [-0.15, -0.1) is 0 Å². The van der Waals surface area contributed by atoms with Crippen LogP contribution < -0.4 is 0 Å². The molecule has 0 radical (unpaired) electrons. The summed E-state index contributed by atoms with van der Waals surface area (Å²) in [5, 5.41) is 24.5. The Morgan fingerprint density at radius 2 is 1.85 bits per heavy atom. The Kier molecular flexibility index (Phi) is 6.17. The van der Waals surface area contributed by atoms with E-state index < -0.39 is 23.4 Å². The molecule has 0 amide bonds. The number of oxime groups is 2. The van der Waals surface area contributed by atoms with Crippen LogP contribution in [0, 0.1) is 0 Å². The molecule has 0 aromatic heterocycles. The molecule has 0 fully saturated rings. The van der Waals surface area contributed by atoms with Crippen LogP contribution in [-0.2, 0) is 22.4 Å². The van der Waals surface area contributed by atoms with E-state index in [9.17, 15) is 18.0 Å². The number of benzene rings is 2. The molecular weight excluding hydrogens is 365 g/mol. The number of nitrogens with zero attached hydrogens (tertiary/aromatic N) is 2. The predicted molar refractivity (Wildman–Crippen MR) is 90.8 cm³/mol. The summed E-state index contributed by atoms with van der Waals surface area (Å²) in [5.41, 5.74) is -0.389. The van der Waals surface area contributed by atoms with Crippen molar-refractivity contribution in [2.75, 3.05) is 0 Å². The molecule has 0 aliphatic heterocycles. The number of rotatable bonds is 6. The maximum absolute atomic E-state index is 12.8. The van der Waals surface area contributed by atoms with Crippen LogP contribution in [0.5, 0.6) is 0 Å². The van der Waals surface area contributed by atoms with Crippen molar-refractivity contribution >= 4 is 17.4 Å². The van der Waals surface area contributed by atoms with Gasteiger partial charge in [0.2, 0.25) is 0 Å². The van der Waals surface area contributed by atoms with Crippen molar-refractivity contribution in [2.24, 2.45) is 10.3 Å². The van der Waals surface area contributed by atoms with Gasteiger partial charge in [-0.1, -0.05) is 46.7 Å². The molecule has 142 valence electrons. The molecule has 0 aliphatic carbocycles. The van der Waals surface area contributed by atoms with Gasteiger partial charge in [0.05, 0.1) is 11.3 Å². The van der Waals surface area contributed by atoms with Gasteiger partial charge < -0.3 is 15.2 Å². The van der Waals surface area contributed by atoms with Crippen LogP contribution in [0.25, 0.3) is 0 Å². The average molecular weight is 380 g/mol. The second kappa shape index (κ2) is 8.35. The van der Waals surface area contributed by atoms with Gasteiger partial charge in [-0.25, -0.2) is 4.79 Å². The molecule has 0 saturated carbocycles. The molecule has 27 heavy (non-hydrogen) atoms. The zero-order valence-electron chi connectivity index (χ0n) is 14.1. The van der Waals surface area contributed by atoms with E-state index in [4.69, 9.17) is 15.2 Å². The molecule has 0 aliphatic rings. The molecule has 0 saturated heterocycles. The van der Waals surface area contributed by atoms with Crippen LogP contribution in [-0.4, -0.2) is 27.7 Å². The molecule has 2 N–H and O–H groups in total. The number of carboxylic acids is 1. The number of hydrogen-bond donors (Lipinski definition) is 2. The molecule has 2 aromatic rings. The molecular formula is C18H15F3N2O4. The van der Waals surface area contributed by atoms with E-state index in [1.807, 2.05) is 0 Å². The molecule has 2 aromatic carbocycles. The Morgan fingerprint density at radius 3 is 2.48 bits per heavy atom. The second-order valence-corrected chi connectivity index (χ2v) is 5.44. The molecule has 0 unspecified atom stereocenters. The Bertz CT molecular complexity index is 892. The van der Waals surface area contributed by atoms with Gasteiger partial charge >= 0.3 is 12.1 Å². The van der Waals surface area contributed by atoms with E-state index in [1.54, 1.807) is 18.2 Å². The van der Waals surface area contributed by atoms with Gasteiger partial charge in [-0.3, -0.25) is 0 Å². The minimum Gasteiger partial charge on any atom is -0.476 e. The summed E-state index contributed by atoms with van der Waals surface area (Å²) in [6.07, 6.45) is -4.47. The third-order valence-electron chi connectivity index (χ3n) is 3.60. The number of halogens is 3. The van der Waals surface area contributed by atoms with Gasteiger partial charge in [0, 0.05) is 11.1 Å². The zero-order chi connectivity index (χ0) is 20.0. The van der Waals surface area contributed by atoms with E-state index in [-0.39, 0.29) is 23.4 Å². The van der Waals surface area contributed by atoms with Crippen molar-refractivity contribution < 1.29 is 33.1 Å². The van der Waals surface area contributed by atoms with Gasteiger partial charge in [-0.05, 0) is 24.6 Å². The lowest BCUT2D eigenvalue weighted by Gasteiger charge is -2.09. The summed E-state index contributed by atoms with van der Waals surface area (Å²) in [6, 6.07) is 10.8. The first-order chi connectivity index (χ1) is 12.7. The largest absolute Gasteiger partial charge is 0.476 e. The lowest BCUT2D eigenvalue weighted by Crippen LogP contribution is -2.16. The highest BCUT2D eigenvalue weighted by atomic mass is 19.4. The summed E-state index contributed by atoms with van der Waals surface area (Å²) in [5.74, 6) is -1.42. The summed E-state index contributed by atoms with van der Waals surface area (Å²) in [6.45, 7) is 1.32. The maximum atomic E-state index is 12.8. The van der Waals surface area contributed by atoms with E-state index in [1.165, 1.54) is 25.1 Å². The van der Waals surface area contributed by atoms with Crippen LogP contribution in [0.3, 0.4) is 0 Å². The Balaban J connectivity index is 2.18. The number of aliphatic carboxylic acids is 1. The SMILES string of the molecule is C/C(=N\OCc1ccccc1/C(=N\O)C(=O)O)c1cccc(C(F)(F)F)c1. The second-order valence-electron chi connectivity index (χ2n) is 5.44. The highest BCUT2D eigenvalue weighted by molar-refractivity contribution is 6.42. The monoisotopic (exact) mass is 380 g/mol. The summed E-state index contributed by atoms with van der Waals surface area (Å²) in [4.78, 5) is 16.3. The van der Waals surface area contributed by atoms with Crippen molar-refractivity contribution in [2.45, 2.75) is 19.7 Å². The molecule has 2 rings (SSSR count). The fourth-order valence-electron chi connectivity index (χ4n) is 2.26. The van der Waals surface area contributed by atoms with Crippen molar-refractivity contribution in [3.05, 3.63) is 70.8 Å². The number of carboxylic acid groups (broad SMARTS) is 1. The fraction of sp³-hybridized carbons (Fsp3) is 0.167. The quantitative estimate of drug-likeness (QED) is 0.452. The molecule has 6 nitrogen and oxygen atoms in total. The van der Waals surface area contributed by atoms with Crippen LogP contribution >= 0.6 is 0 Å². The van der Waals surface area contributed by atoms with E-state index >= 15 is 0 Å². The topological polar surface area (TPSA) is 91.5 Å². The lowest BCUT2D eigenvalue weighted by atomic mass is 10.0. The lowest BCUT2D eigenvalue weighted by molar-refractivity contribution is -0.137. The van der Waals surface area contributed by atoms with Gasteiger partial charge in [-0.2, -0.15) is 13.2 Å². The van der Waals surface area contributed by atoms with Crippen molar-refractivity contribution in [1.82, 2.24) is 0 Å². The van der Waals surface area contributed by atoms with Crippen LogP contribution in [0.2, 0.25) is 0 Å². The van der Waals surface area contributed by atoms with Gasteiger partial charge in [0.1, 0.15) is 6.61 Å². The van der Waals surface area contributed by atoms with Crippen molar-refractivity contribution in [3.8, 4) is 0 Å². The van der Waals surface area contributed by atoms with Crippen LogP contribution in [0.15, 0.2) is 58.8 Å². The summed E-state index contributed by atoms with van der Waals surface area (Å²) < 4.78 is 38.3. The van der Waals surface area contributed by atoms with Crippen LogP contribution in [0.4, 0.5) is 13.2 Å². The summed E-state index contributed by atoms with van der Waals surface area (Å²) in [7, 11) is 0. The first-order valence-electron chi connectivity index (χ1n) is 7.62. The van der Waals surface area contributed by atoms with E-state index in [0.29, 0.717) is 5.56 Å². The smallest absolute Gasteiger partial charge is 0.416 e. The molecule has 0 heterocycles. The normalized spacial score (nSPS) is 12.7. The zero-order valence-corrected chi connectivity index (χ0v) is 14.1. The number of alkyl halides is 3. The average Bonchev–Trinajstić information content (AvgIpc) is 2.62. The molecule has 0 bridgehead atoms. The number of carbonyl (C=O) groups is 1. The van der Waals surface area contributed by atoms with Crippen molar-refractivity contribution in [3.63, 3.8) is 0 Å². The van der Waals surface area contributed by atoms with E-state index in [2.05, 4.69) is 10.3 Å². The highest BCUT2D eigenvalue weighted by Crippen LogP contribution is 2.29. The Morgan fingerprint density at radius 1 is 1.15 bits per heavy atom. The third-order valence-corrected chi connectivity index (χ3v) is 3.60. The van der Waals surface area contributed by atoms with Crippen molar-refractivity contribution in [1.29, 1.82) is 0 Å². The predicted octanol–water partition coefficient (Wildman–Crippen LogP) is 3.91. The summed E-state index contributed by atoms with van der Waals surface area (Å²) >= 11 is 0. The minimum absolute atomic E-state index is 0.138. The third kappa shape index (κ3) is 5.06. The standard InChI is InChI=1S/C18H15F3N2O4/c1-11(12-6-4-7-14(9-12)18(19,20)21)23-27-10-13-5-2-3-8-15(13)16(22-26)17(24)25/h2-9,26H,10H2,1H3,(H,24,25)/b22-16+,23-11+. The Labute approximate surface area is 152 Å². The maximum Gasteiger partial charge on any atom is 0.416 e. The minimum atomic E-state index is -4.47. The van der Waals surface area contributed by atoms with E-state index in [0.717, 1.165) is 12.1 Å². The highest BCUT2D eigenvalue weighted by Gasteiger charge is 2.30. The first-order valence-corrected chi connectivity index (χ1v) is 7.62. The molecule has 0 atom stereocenters. The molecule has 9 heteroatoms. The van der Waals surface area contributed by atoms with Crippen LogP contribution in [0.1, 0.15) is 29.2 Å². The van der Waals surface area contributed by atoms with Gasteiger partial charge in [0.25, 0.3) is 0 Å². The fourth-order valence-corrected chi connectivity index (χ4v) is 2.26. The first kappa shape index (κ1) is 20.0. The van der Waals surface area contributed by atoms with Gasteiger partial charge in [0.15, 0.2) is 5.71 Å².